The molecule has 2 aromatic carbocycles. The van der Waals surface area contributed by atoms with Gasteiger partial charge in [0.2, 0.25) is 0 Å². The van der Waals surface area contributed by atoms with Crippen molar-refractivity contribution in [3.63, 3.8) is 0 Å². The number of benzene rings is 2. The minimum Gasteiger partial charge on any atom is -0.397 e. The van der Waals surface area contributed by atoms with Crippen LogP contribution in [0.25, 0.3) is 0 Å². The summed E-state index contributed by atoms with van der Waals surface area (Å²) in [6.45, 7) is 2.75. The smallest absolute Gasteiger partial charge is 0.271 e. The van der Waals surface area contributed by atoms with Crippen LogP contribution >= 0.6 is 23.2 Å². The molecule has 0 saturated carbocycles. The monoisotopic (exact) mass is 353 g/mol. The van der Waals surface area contributed by atoms with E-state index < -0.39 is 4.92 Å². The Morgan fingerprint density at radius 1 is 1.26 bits per heavy atom. The van der Waals surface area contributed by atoms with Gasteiger partial charge in [0.05, 0.1) is 16.3 Å². The first-order valence-electron chi connectivity index (χ1n) is 7.08. The number of nitro groups is 1. The zero-order valence-corrected chi connectivity index (χ0v) is 14.1. The summed E-state index contributed by atoms with van der Waals surface area (Å²) in [4.78, 5) is 10.2. The Kier molecular flexibility index (Phi) is 5.69. The highest BCUT2D eigenvalue weighted by Gasteiger charge is 2.11. The van der Waals surface area contributed by atoms with Gasteiger partial charge in [-0.1, -0.05) is 36.2 Å². The summed E-state index contributed by atoms with van der Waals surface area (Å²) in [5.74, 6) is 0.295. The largest absolute Gasteiger partial charge is 0.397 e. The fourth-order valence-electron chi connectivity index (χ4n) is 2.24. The van der Waals surface area contributed by atoms with Crippen molar-refractivity contribution < 1.29 is 4.92 Å². The summed E-state index contributed by atoms with van der Waals surface area (Å²) < 4.78 is 0. The fourth-order valence-corrected chi connectivity index (χ4v) is 2.73. The molecule has 0 bridgehead atoms. The quantitative estimate of drug-likeness (QED) is 0.445. The average molecular weight is 354 g/mol. The van der Waals surface area contributed by atoms with Gasteiger partial charge in [-0.3, -0.25) is 10.1 Å². The van der Waals surface area contributed by atoms with Crippen LogP contribution in [0.2, 0.25) is 10.0 Å². The van der Waals surface area contributed by atoms with Gasteiger partial charge in [0, 0.05) is 28.7 Å². The van der Waals surface area contributed by atoms with E-state index in [2.05, 4.69) is 12.2 Å². The van der Waals surface area contributed by atoms with Gasteiger partial charge in [-0.05, 0) is 36.1 Å². The summed E-state index contributed by atoms with van der Waals surface area (Å²) >= 11 is 12.1. The van der Waals surface area contributed by atoms with Crippen molar-refractivity contribution in [3.8, 4) is 0 Å². The van der Waals surface area contributed by atoms with Crippen molar-refractivity contribution >= 4 is 40.3 Å². The minimum atomic E-state index is -0.467. The molecule has 0 spiro atoms. The number of nitrogens with two attached hydrogens (primary N) is 1. The van der Waals surface area contributed by atoms with Crippen molar-refractivity contribution in [3.05, 3.63) is 62.1 Å². The Morgan fingerprint density at radius 2 is 2.00 bits per heavy atom. The maximum Gasteiger partial charge on any atom is 0.271 e. The maximum absolute atomic E-state index is 10.7. The van der Waals surface area contributed by atoms with Crippen LogP contribution in [-0.2, 0) is 6.42 Å². The molecule has 2 aromatic rings. The summed E-state index contributed by atoms with van der Waals surface area (Å²) in [6.07, 6.45) is 0.788. The Labute approximate surface area is 144 Å². The summed E-state index contributed by atoms with van der Waals surface area (Å²) in [7, 11) is 0. The molecule has 0 saturated heterocycles. The number of non-ortho nitro benzene ring substituents is 1. The van der Waals surface area contributed by atoms with Gasteiger partial charge < -0.3 is 11.1 Å². The van der Waals surface area contributed by atoms with Gasteiger partial charge in [0.1, 0.15) is 0 Å². The Bertz CT molecular complexity index is 722. The molecule has 3 N–H and O–H groups in total. The second-order valence-electron chi connectivity index (χ2n) is 5.45. The molecule has 0 aliphatic rings. The van der Waals surface area contributed by atoms with Gasteiger partial charge >= 0.3 is 0 Å². The molecule has 7 heteroatoms. The Morgan fingerprint density at radius 3 is 2.61 bits per heavy atom. The van der Waals surface area contributed by atoms with Crippen LogP contribution in [0, 0.1) is 16.0 Å². The van der Waals surface area contributed by atoms with E-state index in [0.29, 0.717) is 33.9 Å². The van der Waals surface area contributed by atoms with Crippen LogP contribution in [0.15, 0.2) is 36.4 Å². The van der Waals surface area contributed by atoms with E-state index in [1.54, 1.807) is 12.1 Å². The number of nitrogens with one attached hydrogen (secondary N) is 1. The number of nitro benzene ring substituents is 1. The number of halogens is 2. The molecule has 0 aliphatic carbocycles. The van der Waals surface area contributed by atoms with Gasteiger partial charge in [-0.15, -0.1) is 0 Å². The van der Waals surface area contributed by atoms with Gasteiger partial charge in [-0.25, -0.2) is 0 Å². The molecule has 0 aliphatic heterocycles. The number of hydrogen-bond donors (Lipinski definition) is 2. The Hall–Kier alpha value is -1.98. The van der Waals surface area contributed by atoms with Crippen LogP contribution in [0.1, 0.15) is 12.5 Å². The predicted molar refractivity (Wildman–Crippen MR) is 95.3 cm³/mol. The second-order valence-corrected chi connectivity index (χ2v) is 6.30. The third-order valence-electron chi connectivity index (χ3n) is 3.47. The molecule has 23 heavy (non-hydrogen) atoms. The van der Waals surface area contributed by atoms with Gasteiger partial charge in [0.25, 0.3) is 5.69 Å². The first-order chi connectivity index (χ1) is 10.9. The molecule has 1 atom stereocenters. The van der Waals surface area contributed by atoms with Crippen molar-refractivity contribution in [2.75, 3.05) is 17.6 Å². The van der Waals surface area contributed by atoms with Crippen LogP contribution in [0.5, 0.6) is 0 Å². The lowest BCUT2D eigenvalue weighted by Crippen LogP contribution is -2.14. The fraction of sp³-hybridized carbons (Fsp3) is 0.250. The van der Waals surface area contributed by atoms with E-state index in [4.69, 9.17) is 28.9 Å². The highest BCUT2D eigenvalue weighted by Crippen LogP contribution is 2.26. The van der Waals surface area contributed by atoms with E-state index in [-0.39, 0.29) is 5.69 Å². The van der Waals surface area contributed by atoms with Crippen LogP contribution in [0.4, 0.5) is 17.1 Å². The molecule has 0 heterocycles. The number of rotatable bonds is 6. The molecule has 0 amide bonds. The number of nitrogen functional groups attached to an aromatic ring is 1. The molecule has 5 nitrogen and oxygen atoms in total. The van der Waals surface area contributed by atoms with Crippen LogP contribution in [0.3, 0.4) is 0 Å². The van der Waals surface area contributed by atoms with E-state index in [1.807, 2.05) is 12.1 Å². The first-order valence-corrected chi connectivity index (χ1v) is 7.84. The van der Waals surface area contributed by atoms with Gasteiger partial charge in [0.15, 0.2) is 0 Å². The molecule has 2 rings (SSSR count). The van der Waals surface area contributed by atoms with Crippen molar-refractivity contribution in [2.45, 2.75) is 13.3 Å². The van der Waals surface area contributed by atoms with Crippen molar-refractivity contribution in [1.82, 2.24) is 0 Å². The van der Waals surface area contributed by atoms with Crippen LogP contribution < -0.4 is 11.1 Å². The molecule has 1 unspecified atom stereocenters. The van der Waals surface area contributed by atoms with E-state index >= 15 is 0 Å². The lowest BCUT2D eigenvalue weighted by Gasteiger charge is -2.15. The first kappa shape index (κ1) is 17.4. The standard InChI is InChI=1S/C16H17Cl2N3O2/c1-10(6-11-2-3-12(17)7-14(11)18)9-20-16-5-4-13(21(22)23)8-15(16)19/h2-5,7-8,10,20H,6,9,19H2,1H3. The maximum atomic E-state index is 10.7. The van der Waals surface area contributed by atoms with E-state index in [1.165, 1.54) is 12.1 Å². The normalized spacial score (nSPS) is 12.0. The van der Waals surface area contributed by atoms with Crippen LogP contribution in [-0.4, -0.2) is 11.5 Å². The summed E-state index contributed by atoms with van der Waals surface area (Å²) in [6, 6.07) is 9.86. The molecular formula is C16H17Cl2N3O2. The summed E-state index contributed by atoms with van der Waals surface area (Å²) in [5.41, 5.74) is 7.89. The Balaban J connectivity index is 1.96. The van der Waals surface area contributed by atoms with Crippen molar-refractivity contribution in [1.29, 1.82) is 0 Å². The predicted octanol–water partition coefficient (Wildman–Crippen LogP) is 4.77. The second kappa shape index (κ2) is 7.53. The SMILES string of the molecule is CC(CNc1ccc([N+](=O)[O-])cc1N)Cc1ccc(Cl)cc1Cl. The zero-order valence-electron chi connectivity index (χ0n) is 12.6. The van der Waals surface area contributed by atoms with E-state index in [0.717, 1.165) is 12.0 Å². The number of nitrogens with zero attached hydrogens (tertiary/aromatic N) is 1. The molecule has 0 aromatic heterocycles. The minimum absolute atomic E-state index is 0.0194. The number of hydrogen-bond acceptors (Lipinski definition) is 4. The van der Waals surface area contributed by atoms with Gasteiger partial charge in [-0.2, -0.15) is 0 Å². The average Bonchev–Trinajstić information content (AvgIpc) is 2.48. The lowest BCUT2D eigenvalue weighted by molar-refractivity contribution is -0.384. The third kappa shape index (κ3) is 4.74. The molecule has 122 valence electrons. The number of anilines is 2. The molecule has 0 fully saturated rings. The summed E-state index contributed by atoms with van der Waals surface area (Å²) in [5, 5.41) is 15.2. The van der Waals surface area contributed by atoms with Crippen molar-refractivity contribution in [2.24, 2.45) is 5.92 Å². The highest BCUT2D eigenvalue weighted by atomic mass is 35.5. The highest BCUT2D eigenvalue weighted by molar-refractivity contribution is 6.35. The zero-order chi connectivity index (χ0) is 17.0. The lowest BCUT2D eigenvalue weighted by atomic mass is 10.0. The topological polar surface area (TPSA) is 81.2 Å². The molecule has 0 radical (unpaired) electrons. The van der Waals surface area contributed by atoms with E-state index in [9.17, 15) is 10.1 Å². The third-order valence-corrected chi connectivity index (χ3v) is 4.06. The molecular weight excluding hydrogens is 337 g/mol.